The summed E-state index contributed by atoms with van der Waals surface area (Å²) in [5.41, 5.74) is -2.05. The number of alkyl halides is 2. The van der Waals surface area contributed by atoms with Crippen LogP contribution < -0.4 is 0 Å². The van der Waals surface area contributed by atoms with Crippen LogP contribution in [-0.2, 0) is 4.79 Å². The molecular weight excluding hydrogens is 185 g/mol. The van der Waals surface area contributed by atoms with Crippen LogP contribution in [0.15, 0.2) is 17.1 Å². The molecule has 1 aliphatic rings. The van der Waals surface area contributed by atoms with Crippen LogP contribution >= 0.6 is 11.6 Å². The fourth-order valence-electron chi connectivity index (χ4n) is 0.940. The van der Waals surface area contributed by atoms with Gasteiger partial charge in [0.2, 0.25) is 0 Å². The lowest BCUT2D eigenvalue weighted by molar-refractivity contribution is -0.141. The summed E-state index contributed by atoms with van der Waals surface area (Å²) in [7, 11) is 0. The number of aliphatic carboxylic acids is 1. The van der Waals surface area contributed by atoms with Crippen molar-refractivity contribution in [1.29, 1.82) is 0 Å². The predicted octanol–water partition coefficient (Wildman–Crippen LogP) is 1.03. The summed E-state index contributed by atoms with van der Waals surface area (Å²) < 4.78 is 13.5. The van der Waals surface area contributed by atoms with Gasteiger partial charge in [-0.1, -0.05) is 0 Å². The van der Waals surface area contributed by atoms with Crippen molar-refractivity contribution in [2.45, 2.75) is 11.7 Å². The van der Waals surface area contributed by atoms with E-state index in [0.29, 0.717) is 0 Å². The fourth-order valence-corrected chi connectivity index (χ4v) is 1.18. The van der Waals surface area contributed by atoms with Gasteiger partial charge in [0.25, 0.3) is 0 Å². The van der Waals surface area contributed by atoms with Gasteiger partial charge in [0, 0.05) is 6.21 Å². The molecular formula is C7H7ClFNO2. The van der Waals surface area contributed by atoms with Crippen molar-refractivity contribution in [2.24, 2.45) is 4.99 Å². The summed E-state index contributed by atoms with van der Waals surface area (Å²) in [4.78, 5) is 14.0. The maximum atomic E-state index is 13.5. The summed E-state index contributed by atoms with van der Waals surface area (Å²) in [6, 6.07) is -1.42. The number of hydrogen-bond donors (Lipinski definition) is 1. The third-order valence-electron chi connectivity index (χ3n) is 1.59. The zero-order valence-corrected chi connectivity index (χ0v) is 6.83. The van der Waals surface area contributed by atoms with E-state index in [1.165, 1.54) is 12.3 Å². The number of carbonyl (C=O) groups is 1. The highest BCUT2D eigenvalue weighted by atomic mass is 35.5. The Balaban J connectivity index is 2.92. The number of halogens is 2. The Morgan fingerprint density at radius 1 is 1.83 bits per heavy atom. The van der Waals surface area contributed by atoms with Crippen LogP contribution in [0.4, 0.5) is 4.39 Å². The van der Waals surface area contributed by atoms with Gasteiger partial charge < -0.3 is 5.11 Å². The number of aliphatic imine (C=N–C) groups is 1. The van der Waals surface area contributed by atoms with Crippen molar-refractivity contribution in [3.05, 3.63) is 12.2 Å². The minimum absolute atomic E-state index is 0.405. The molecule has 5 heteroatoms. The molecule has 1 rings (SSSR count). The Morgan fingerprint density at radius 2 is 2.50 bits per heavy atom. The van der Waals surface area contributed by atoms with Gasteiger partial charge in [-0.25, -0.2) is 9.18 Å². The molecule has 0 spiro atoms. The van der Waals surface area contributed by atoms with E-state index < -0.39 is 23.6 Å². The van der Waals surface area contributed by atoms with Gasteiger partial charge in [0.05, 0.1) is 5.88 Å². The second-order valence-electron chi connectivity index (χ2n) is 2.46. The second-order valence-corrected chi connectivity index (χ2v) is 2.73. The number of dihydropyridines is 1. The van der Waals surface area contributed by atoms with Crippen molar-refractivity contribution < 1.29 is 14.3 Å². The number of nitrogens with zero attached hydrogens (tertiary/aromatic N) is 1. The van der Waals surface area contributed by atoms with Crippen LogP contribution in [0.25, 0.3) is 0 Å². The first-order valence-electron chi connectivity index (χ1n) is 3.29. The number of hydrogen-bond acceptors (Lipinski definition) is 2. The molecule has 1 aliphatic heterocycles. The lowest BCUT2D eigenvalue weighted by atomic mass is 9.96. The minimum Gasteiger partial charge on any atom is -0.480 e. The zero-order valence-electron chi connectivity index (χ0n) is 6.08. The van der Waals surface area contributed by atoms with Gasteiger partial charge in [0.1, 0.15) is 0 Å². The van der Waals surface area contributed by atoms with Crippen LogP contribution in [0, 0.1) is 0 Å². The number of carboxylic acid groups (broad SMARTS) is 1. The van der Waals surface area contributed by atoms with Crippen molar-refractivity contribution >= 4 is 23.8 Å². The van der Waals surface area contributed by atoms with Crippen LogP contribution in [0.2, 0.25) is 0 Å². The third-order valence-corrected chi connectivity index (χ3v) is 2.00. The van der Waals surface area contributed by atoms with E-state index in [9.17, 15) is 9.18 Å². The topological polar surface area (TPSA) is 49.7 Å². The third kappa shape index (κ3) is 1.48. The van der Waals surface area contributed by atoms with E-state index in [-0.39, 0.29) is 0 Å². The Kier molecular flexibility index (Phi) is 2.47. The van der Waals surface area contributed by atoms with Gasteiger partial charge >= 0.3 is 5.97 Å². The number of rotatable bonds is 2. The molecule has 2 atom stereocenters. The fraction of sp³-hybridized carbons (Fsp3) is 0.429. The summed E-state index contributed by atoms with van der Waals surface area (Å²) >= 11 is 5.30. The summed E-state index contributed by atoms with van der Waals surface area (Å²) in [5, 5.41) is 8.56. The highest BCUT2D eigenvalue weighted by molar-refractivity contribution is 6.19. The molecule has 2 unspecified atom stereocenters. The van der Waals surface area contributed by atoms with Gasteiger partial charge in [-0.3, -0.25) is 4.99 Å². The monoisotopic (exact) mass is 191 g/mol. The molecule has 1 N–H and O–H groups in total. The molecule has 0 bridgehead atoms. The minimum atomic E-state index is -2.05. The Labute approximate surface area is 73.6 Å². The molecule has 0 aromatic heterocycles. The Hall–Kier alpha value is -0.900. The molecule has 1 heterocycles. The maximum Gasteiger partial charge on any atom is 0.332 e. The summed E-state index contributed by atoms with van der Waals surface area (Å²) in [6.07, 6.45) is 3.72. The molecule has 0 aliphatic carbocycles. The van der Waals surface area contributed by atoms with Crippen molar-refractivity contribution in [2.75, 3.05) is 5.88 Å². The highest BCUT2D eigenvalue weighted by Gasteiger charge is 2.42. The van der Waals surface area contributed by atoms with E-state index in [0.717, 1.165) is 6.08 Å². The van der Waals surface area contributed by atoms with Crippen molar-refractivity contribution in [3.8, 4) is 0 Å². The lowest BCUT2D eigenvalue weighted by Crippen LogP contribution is -2.43. The predicted molar refractivity (Wildman–Crippen MR) is 43.6 cm³/mol. The van der Waals surface area contributed by atoms with Crippen LogP contribution in [-0.4, -0.2) is 34.9 Å². The molecule has 66 valence electrons. The molecule has 0 fully saturated rings. The largest absolute Gasteiger partial charge is 0.480 e. The summed E-state index contributed by atoms with van der Waals surface area (Å²) in [6.45, 7) is 0. The van der Waals surface area contributed by atoms with E-state index >= 15 is 0 Å². The average Bonchev–Trinajstić information content (AvgIpc) is 2.05. The molecule has 0 aromatic rings. The lowest BCUT2D eigenvalue weighted by Gasteiger charge is -2.24. The van der Waals surface area contributed by atoms with Crippen molar-refractivity contribution in [1.82, 2.24) is 0 Å². The maximum absolute atomic E-state index is 13.5. The van der Waals surface area contributed by atoms with E-state index in [2.05, 4.69) is 4.99 Å². The highest BCUT2D eigenvalue weighted by Crippen LogP contribution is 2.25. The van der Waals surface area contributed by atoms with E-state index in [4.69, 9.17) is 16.7 Å². The molecule has 0 aromatic carbocycles. The van der Waals surface area contributed by atoms with Crippen LogP contribution in [0.1, 0.15) is 0 Å². The van der Waals surface area contributed by atoms with Gasteiger partial charge in [-0.2, -0.15) is 0 Å². The Morgan fingerprint density at radius 3 is 2.92 bits per heavy atom. The van der Waals surface area contributed by atoms with Gasteiger partial charge in [-0.15, -0.1) is 11.6 Å². The first-order chi connectivity index (χ1) is 5.60. The molecule has 0 amide bonds. The number of allylic oxidation sites excluding steroid dienone is 1. The summed E-state index contributed by atoms with van der Waals surface area (Å²) in [5.74, 6) is -1.71. The molecule has 12 heavy (non-hydrogen) atoms. The molecule has 0 radical (unpaired) electrons. The van der Waals surface area contributed by atoms with Gasteiger partial charge in [-0.05, 0) is 12.2 Å². The first kappa shape index (κ1) is 9.19. The first-order valence-corrected chi connectivity index (χ1v) is 3.82. The normalized spacial score (nSPS) is 33.7. The zero-order chi connectivity index (χ0) is 9.19. The quantitative estimate of drug-likeness (QED) is 0.663. The standard InChI is InChI=1S/C7H7ClFNO2/c8-4-7(9)2-1-3-10-5(7)6(11)12/h1-3,5H,4H2,(H,11,12). The molecule has 3 nitrogen and oxygen atoms in total. The van der Waals surface area contributed by atoms with Crippen LogP contribution in [0.5, 0.6) is 0 Å². The SMILES string of the molecule is O=C(O)C1N=CC=CC1(F)CCl. The van der Waals surface area contributed by atoms with Crippen LogP contribution in [0.3, 0.4) is 0 Å². The second kappa shape index (κ2) is 3.23. The average molecular weight is 192 g/mol. The van der Waals surface area contributed by atoms with E-state index in [1.807, 2.05) is 0 Å². The Bertz CT molecular complexity index is 254. The molecule has 0 saturated heterocycles. The van der Waals surface area contributed by atoms with Crippen molar-refractivity contribution in [3.63, 3.8) is 0 Å². The van der Waals surface area contributed by atoms with E-state index in [1.54, 1.807) is 0 Å². The number of carboxylic acids is 1. The van der Waals surface area contributed by atoms with Gasteiger partial charge in [0.15, 0.2) is 11.7 Å². The molecule has 0 saturated carbocycles. The smallest absolute Gasteiger partial charge is 0.332 e.